The van der Waals surface area contributed by atoms with Gasteiger partial charge in [0.1, 0.15) is 10.6 Å². The zero-order chi connectivity index (χ0) is 13.9. The summed E-state index contributed by atoms with van der Waals surface area (Å²) in [5.41, 5.74) is 0.369. The van der Waals surface area contributed by atoms with Gasteiger partial charge in [0.2, 0.25) is 0 Å². The summed E-state index contributed by atoms with van der Waals surface area (Å²) in [6, 6.07) is 8.07. The first kappa shape index (κ1) is 13.9. The van der Waals surface area contributed by atoms with Gasteiger partial charge in [-0.05, 0) is 37.3 Å². The molecule has 1 aromatic carbocycles. The number of carbonyl (C=O) groups is 1. The van der Waals surface area contributed by atoms with Gasteiger partial charge in [-0.25, -0.2) is 4.39 Å². The number of carbonyl (C=O) groups excluding carboxylic acids is 1. The molecule has 1 heterocycles. The van der Waals surface area contributed by atoms with Crippen molar-refractivity contribution in [3.8, 4) is 6.07 Å². The Morgan fingerprint density at radius 1 is 1.47 bits per heavy atom. The van der Waals surface area contributed by atoms with Crippen LogP contribution in [0.5, 0.6) is 0 Å². The molecule has 0 bridgehead atoms. The van der Waals surface area contributed by atoms with Crippen molar-refractivity contribution >= 4 is 17.7 Å². The van der Waals surface area contributed by atoms with Crippen LogP contribution in [0.3, 0.4) is 0 Å². The molecule has 100 valence electrons. The van der Waals surface area contributed by atoms with Crippen LogP contribution >= 0.6 is 11.8 Å². The minimum Gasteiger partial charge on any atom is -0.338 e. The summed E-state index contributed by atoms with van der Waals surface area (Å²) in [5, 5.41) is 9.20. The summed E-state index contributed by atoms with van der Waals surface area (Å²) in [7, 11) is 0. The van der Waals surface area contributed by atoms with Gasteiger partial charge in [0.05, 0.1) is 6.07 Å². The normalized spacial score (nSPS) is 17.8. The number of piperidine rings is 1. The van der Waals surface area contributed by atoms with Gasteiger partial charge < -0.3 is 4.90 Å². The van der Waals surface area contributed by atoms with Gasteiger partial charge in [-0.1, -0.05) is 6.07 Å². The predicted octanol–water partition coefficient (Wildman–Crippen LogP) is 2.69. The third-order valence-corrected chi connectivity index (χ3v) is 4.81. The van der Waals surface area contributed by atoms with Crippen molar-refractivity contribution in [2.24, 2.45) is 0 Å². The van der Waals surface area contributed by atoms with E-state index in [1.165, 1.54) is 18.2 Å². The Labute approximate surface area is 116 Å². The molecule has 0 aromatic heterocycles. The summed E-state index contributed by atoms with van der Waals surface area (Å²) >= 11 is 1.55. The van der Waals surface area contributed by atoms with Gasteiger partial charge in [-0.2, -0.15) is 5.26 Å². The lowest BCUT2D eigenvalue weighted by Crippen LogP contribution is -2.44. The van der Waals surface area contributed by atoms with E-state index in [4.69, 9.17) is 0 Å². The smallest absolute Gasteiger partial charge is 0.253 e. The van der Waals surface area contributed by atoms with Gasteiger partial charge in [0, 0.05) is 18.7 Å². The molecule has 0 N–H and O–H groups in total. The van der Waals surface area contributed by atoms with Crippen LogP contribution in [0.15, 0.2) is 24.3 Å². The van der Waals surface area contributed by atoms with Crippen LogP contribution in [0, 0.1) is 17.1 Å². The summed E-state index contributed by atoms with van der Waals surface area (Å²) in [4.78, 5) is 13.9. The van der Waals surface area contributed by atoms with E-state index in [0.717, 1.165) is 0 Å². The Balaban J connectivity index is 2.06. The Morgan fingerprint density at radius 3 is 2.68 bits per heavy atom. The number of benzene rings is 1. The number of nitrogens with zero attached hydrogens (tertiary/aromatic N) is 2. The van der Waals surface area contributed by atoms with E-state index in [1.54, 1.807) is 22.7 Å². The number of hydrogen-bond donors (Lipinski definition) is 0. The standard InChI is InChI=1S/C14H15FN2OS/c1-19-14(10-16)5-7-17(8-6-14)13(18)11-3-2-4-12(15)9-11/h2-4,9H,5-8H2,1H3. The number of amides is 1. The minimum absolute atomic E-state index is 0.160. The average molecular weight is 278 g/mol. The predicted molar refractivity (Wildman–Crippen MR) is 73.4 cm³/mol. The molecule has 0 unspecified atom stereocenters. The first-order valence-electron chi connectivity index (χ1n) is 6.11. The third kappa shape index (κ3) is 2.90. The second kappa shape index (κ2) is 5.62. The first-order chi connectivity index (χ1) is 9.10. The topological polar surface area (TPSA) is 44.1 Å². The molecule has 0 saturated carbocycles. The highest BCUT2D eigenvalue weighted by molar-refractivity contribution is 8.00. The largest absolute Gasteiger partial charge is 0.338 e. The lowest BCUT2D eigenvalue weighted by molar-refractivity contribution is 0.0716. The Hall–Kier alpha value is -1.54. The van der Waals surface area contributed by atoms with E-state index in [0.29, 0.717) is 31.5 Å². The maximum Gasteiger partial charge on any atom is 0.253 e. The molecule has 1 saturated heterocycles. The monoisotopic (exact) mass is 278 g/mol. The van der Waals surface area contributed by atoms with Crippen molar-refractivity contribution in [3.05, 3.63) is 35.6 Å². The maximum atomic E-state index is 13.1. The fraction of sp³-hybridized carbons (Fsp3) is 0.429. The van der Waals surface area contributed by atoms with Crippen molar-refractivity contribution < 1.29 is 9.18 Å². The second-order valence-electron chi connectivity index (χ2n) is 4.61. The highest BCUT2D eigenvalue weighted by Crippen LogP contribution is 2.34. The van der Waals surface area contributed by atoms with E-state index in [9.17, 15) is 14.4 Å². The fourth-order valence-corrected chi connectivity index (χ4v) is 2.92. The van der Waals surface area contributed by atoms with Crippen LogP contribution < -0.4 is 0 Å². The molecule has 0 atom stereocenters. The Bertz CT molecular complexity index is 518. The Kier molecular flexibility index (Phi) is 4.11. The molecule has 19 heavy (non-hydrogen) atoms. The number of nitriles is 1. The number of hydrogen-bond acceptors (Lipinski definition) is 3. The van der Waals surface area contributed by atoms with Gasteiger partial charge in [-0.15, -0.1) is 11.8 Å². The summed E-state index contributed by atoms with van der Waals surface area (Å²) in [6.07, 6.45) is 3.24. The molecule has 0 spiro atoms. The third-order valence-electron chi connectivity index (χ3n) is 3.52. The zero-order valence-electron chi connectivity index (χ0n) is 10.7. The van der Waals surface area contributed by atoms with Crippen molar-refractivity contribution in [1.29, 1.82) is 5.26 Å². The lowest BCUT2D eigenvalue weighted by atomic mass is 9.96. The summed E-state index contributed by atoms with van der Waals surface area (Å²) in [5.74, 6) is -0.564. The number of likely N-dealkylation sites (tertiary alicyclic amines) is 1. The zero-order valence-corrected chi connectivity index (χ0v) is 11.5. The second-order valence-corrected chi connectivity index (χ2v) is 5.80. The van der Waals surface area contributed by atoms with E-state index < -0.39 is 5.82 Å². The quantitative estimate of drug-likeness (QED) is 0.835. The summed E-state index contributed by atoms with van der Waals surface area (Å²) in [6.45, 7) is 1.09. The number of thioether (sulfide) groups is 1. The fourth-order valence-electron chi connectivity index (χ4n) is 2.24. The van der Waals surface area contributed by atoms with Gasteiger partial charge >= 0.3 is 0 Å². The first-order valence-corrected chi connectivity index (χ1v) is 7.34. The van der Waals surface area contributed by atoms with Crippen LogP contribution in [0.1, 0.15) is 23.2 Å². The van der Waals surface area contributed by atoms with Crippen molar-refractivity contribution in [2.75, 3.05) is 19.3 Å². The molecule has 5 heteroatoms. The molecule has 1 aromatic rings. The maximum absolute atomic E-state index is 13.1. The highest BCUT2D eigenvalue weighted by Gasteiger charge is 2.35. The van der Waals surface area contributed by atoms with Crippen LogP contribution in [0.2, 0.25) is 0 Å². The number of halogens is 1. The van der Waals surface area contributed by atoms with Crippen LogP contribution in [-0.2, 0) is 0 Å². The van der Waals surface area contributed by atoms with Crippen LogP contribution in [0.25, 0.3) is 0 Å². The van der Waals surface area contributed by atoms with Crippen molar-refractivity contribution in [3.63, 3.8) is 0 Å². The average Bonchev–Trinajstić information content (AvgIpc) is 2.46. The van der Waals surface area contributed by atoms with Crippen molar-refractivity contribution in [1.82, 2.24) is 4.90 Å². The lowest BCUT2D eigenvalue weighted by Gasteiger charge is -2.36. The van der Waals surface area contributed by atoms with E-state index in [-0.39, 0.29) is 10.7 Å². The SMILES string of the molecule is CSC1(C#N)CCN(C(=O)c2cccc(F)c2)CC1. The van der Waals surface area contributed by atoms with Gasteiger partial charge in [0.15, 0.2) is 0 Å². The molecule has 1 aliphatic rings. The van der Waals surface area contributed by atoms with Gasteiger partial charge in [0.25, 0.3) is 5.91 Å². The molecule has 2 rings (SSSR count). The van der Waals surface area contributed by atoms with Crippen molar-refractivity contribution in [2.45, 2.75) is 17.6 Å². The van der Waals surface area contributed by atoms with E-state index in [2.05, 4.69) is 6.07 Å². The highest BCUT2D eigenvalue weighted by atomic mass is 32.2. The molecule has 0 aliphatic carbocycles. The number of rotatable bonds is 2. The molecular weight excluding hydrogens is 263 g/mol. The van der Waals surface area contributed by atoms with Crippen LogP contribution in [-0.4, -0.2) is 34.9 Å². The molecule has 0 radical (unpaired) electrons. The van der Waals surface area contributed by atoms with Gasteiger partial charge in [-0.3, -0.25) is 4.79 Å². The molecule has 1 aliphatic heterocycles. The molecule has 3 nitrogen and oxygen atoms in total. The Morgan fingerprint density at radius 2 is 2.16 bits per heavy atom. The molecular formula is C14H15FN2OS. The summed E-state index contributed by atoms with van der Waals surface area (Å²) < 4.78 is 12.7. The van der Waals surface area contributed by atoms with E-state index in [1.807, 2.05) is 6.26 Å². The molecule has 1 amide bonds. The minimum atomic E-state index is -0.404. The van der Waals surface area contributed by atoms with Crippen LogP contribution in [0.4, 0.5) is 4.39 Å². The molecule has 1 fully saturated rings. The van der Waals surface area contributed by atoms with E-state index >= 15 is 0 Å².